The summed E-state index contributed by atoms with van der Waals surface area (Å²) >= 11 is 0. The van der Waals surface area contributed by atoms with Gasteiger partial charge in [-0.25, -0.2) is 4.98 Å². The Bertz CT molecular complexity index is 702. The number of nitrogen functional groups attached to an aromatic ring is 1. The van der Waals surface area contributed by atoms with E-state index in [1.54, 1.807) is 6.20 Å². The summed E-state index contributed by atoms with van der Waals surface area (Å²) in [5.41, 5.74) is 9.56. The molecular formula is C16H14N2O. The van der Waals surface area contributed by atoms with E-state index >= 15 is 0 Å². The Kier molecular flexibility index (Phi) is 2.80. The molecule has 0 saturated heterocycles. The number of nitrogens with zero attached hydrogens (tertiary/aromatic N) is 1. The molecule has 0 radical (unpaired) electrons. The number of hydrogen-bond donors (Lipinski definition) is 1. The van der Waals surface area contributed by atoms with E-state index in [0.29, 0.717) is 11.6 Å². The minimum atomic E-state index is 0.601. The molecule has 3 rings (SSSR count). The Morgan fingerprint density at radius 1 is 1.05 bits per heavy atom. The molecule has 0 aliphatic carbocycles. The fraction of sp³-hybridized carbons (Fsp3) is 0.0625. The highest BCUT2D eigenvalue weighted by Gasteiger charge is 2.10. The number of benzene rings is 2. The van der Waals surface area contributed by atoms with E-state index in [-0.39, 0.29) is 0 Å². The number of oxazole rings is 1. The van der Waals surface area contributed by atoms with Crippen LogP contribution in [0.2, 0.25) is 0 Å². The summed E-state index contributed by atoms with van der Waals surface area (Å²) in [6.45, 7) is 2.02. The minimum Gasteiger partial charge on any atom is -0.436 e. The SMILES string of the molecule is Cc1ccc(N)cc1-c1ncc(-c2ccccc2)o1. The molecule has 0 unspecified atom stereocenters. The van der Waals surface area contributed by atoms with Crippen molar-refractivity contribution in [1.29, 1.82) is 0 Å². The molecule has 2 N–H and O–H groups in total. The summed E-state index contributed by atoms with van der Waals surface area (Å²) in [6.07, 6.45) is 1.74. The summed E-state index contributed by atoms with van der Waals surface area (Å²) < 4.78 is 5.82. The number of hydrogen-bond acceptors (Lipinski definition) is 3. The summed E-state index contributed by atoms with van der Waals surface area (Å²) in [5.74, 6) is 1.36. The van der Waals surface area contributed by atoms with Crippen molar-refractivity contribution >= 4 is 5.69 Å². The van der Waals surface area contributed by atoms with Gasteiger partial charge in [0.05, 0.1) is 6.20 Å². The molecule has 3 nitrogen and oxygen atoms in total. The van der Waals surface area contributed by atoms with Crippen molar-refractivity contribution in [1.82, 2.24) is 4.98 Å². The maximum Gasteiger partial charge on any atom is 0.227 e. The first-order valence-electron chi connectivity index (χ1n) is 6.12. The van der Waals surface area contributed by atoms with Gasteiger partial charge in [0.1, 0.15) is 0 Å². The van der Waals surface area contributed by atoms with Crippen molar-refractivity contribution in [2.24, 2.45) is 0 Å². The molecule has 0 aliphatic rings. The summed E-state index contributed by atoms with van der Waals surface area (Å²) in [6, 6.07) is 15.6. The molecule has 1 aromatic heterocycles. The third-order valence-electron chi connectivity index (χ3n) is 3.06. The predicted octanol–water partition coefficient (Wildman–Crippen LogP) is 3.90. The Morgan fingerprint density at radius 2 is 1.84 bits per heavy atom. The van der Waals surface area contributed by atoms with Crippen LogP contribution in [-0.2, 0) is 0 Å². The van der Waals surface area contributed by atoms with Crippen LogP contribution in [0.25, 0.3) is 22.8 Å². The molecule has 0 bridgehead atoms. The van der Waals surface area contributed by atoms with Gasteiger partial charge in [-0.3, -0.25) is 0 Å². The quantitative estimate of drug-likeness (QED) is 0.702. The molecule has 94 valence electrons. The van der Waals surface area contributed by atoms with Crippen LogP contribution < -0.4 is 5.73 Å². The zero-order chi connectivity index (χ0) is 13.2. The van der Waals surface area contributed by atoms with Crippen molar-refractivity contribution in [3.05, 3.63) is 60.3 Å². The summed E-state index contributed by atoms with van der Waals surface area (Å²) in [5, 5.41) is 0. The highest BCUT2D eigenvalue weighted by Crippen LogP contribution is 2.28. The second kappa shape index (κ2) is 4.61. The third kappa shape index (κ3) is 2.22. The van der Waals surface area contributed by atoms with Crippen LogP contribution in [0.15, 0.2) is 59.1 Å². The lowest BCUT2D eigenvalue weighted by Crippen LogP contribution is -1.88. The molecule has 0 saturated carbocycles. The summed E-state index contributed by atoms with van der Waals surface area (Å²) in [7, 11) is 0. The molecule has 0 amide bonds. The first kappa shape index (κ1) is 11.5. The lowest BCUT2D eigenvalue weighted by Gasteiger charge is -2.02. The molecular weight excluding hydrogens is 236 g/mol. The van der Waals surface area contributed by atoms with Crippen LogP contribution >= 0.6 is 0 Å². The molecule has 1 heterocycles. The predicted molar refractivity (Wildman–Crippen MR) is 76.5 cm³/mol. The van der Waals surface area contributed by atoms with Gasteiger partial charge in [-0.15, -0.1) is 0 Å². The average molecular weight is 250 g/mol. The van der Waals surface area contributed by atoms with Crippen molar-refractivity contribution in [3.8, 4) is 22.8 Å². The van der Waals surface area contributed by atoms with Crippen LogP contribution in [0.4, 0.5) is 5.69 Å². The maximum absolute atomic E-state index is 5.82. The lowest BCUT2D eigenvalue weighted by molar-refractivity contribution is 0.588. The van der Waals surface area contributed by atoms with Gasteiger partial charge in [0.15, 0.2) is 5.76 Å². The first-order valence-corrected chi connectivity index (χ1v) is 6.12. The van der Waals surface area contributed by atoms with E-state index in [0.717, 1.165) is 22.5 Å². The van der Waals surface area contributed by atoms with E-state index in [9.17, 15) is 0 Å². The number of aromatic nitrogens is 1. The van der Waals surface area contributed by atoms with Gasteiger partial charge in [-0.2, -0.15) is 0 Å². The first-order chi connectivity index (χ1) is 9.24. The van der Waals surface area contributed by atoms with E-state index in [1.807, 2.05) is 55.5 Å². The topological polar surface area (TPSA) is 52.0 Å². The fourth-order valence-corrected chi connectivity index (χ4v) is 2.00. The second-order valence-corrected chi connectivity index (χ2v) is 4.47. The van der Waals surface area contributed by atoms with Crippen LogP contribution in [-0.4, -0.2) is 4.98 Å². The van der Waals surface area contributed by atoms with Crippen molar-refractivity contribution in [3.63, 3.8) is 0 Å². The largest absolute Gasteiger partial charge is 0.436 e. The van der Waals surface area contributed by atoms with Crippen molar-refractivity contribution in [2.45, 2.75) is 6.92 Å². The van der Waals surface area contributed by atoms with Gasteiger partial charge in [0.25, 0.3) is 0 Å². The van der Waals surface area contributed by atoms with Crippen LogP contribution in [0.1, 0.15) is 5.56 Å². The molecule has 2 aromatic carbocycles. The van der Waals surface area contributed by atoms with Gasteiger partial charge in [0.2, 0.25) is 5.89 Å². The zero-order valence-electron chi connectivity index (χ0n) is 10.6. The Morgan fingerprint density at radius 3 is 2.63 bits per heavy atom. The average Bonchev–Trinajstić information content (AvgIpc) is 2.92. The van der Waals surface area contributed by atoms with Gasteiger partial charge in [-0.05, 0) is 24.6 Å². The van der Waals surface area contributed by atoms with Crippen LogP contribution in [0, 0.1) is 6.92 Å². The van der Waals surface area contributed by atoms with Crippen LogP contribution in [0.3, 0.4) is 0 Å². The number of nitrogens with two attached hydrogens (primary N) is 1. The minimum absolute atomic E-state index is 0.601. The Hall–Kier alpha value is -2.55. The van der Waals surface area contributed by atoms with Gasteiger partial charge in [-0.1, -0.05) is 36.4 Å². The maximum atomic E-state index is 5.82. The molecule has 0 atom stereocenters. The highest BCUT2D eigenvalue weighted by molar-refractivity contribution is 5.66. The van der Waals surface area contributed by atoms with Gasteiger partial charge >= 0.3 is 0 Å². The van der Waals surface area contributed by atoms with E-state index in [1.165, 1.54) is 0 Å². The van der Waals surface area contributed by atoms with E-state index in [4.69, 9.17) is 10.2 Å². The van der Waals surface area contributed by atoms with Crippen molar-refractivity contribution < 1.29 is 4.42 Å². The fourth-order valence-electron chi connectivity index (χ4n) is 2.00. The number of anilines is 1. The monoisotopic (exact) mass is 250 g/mol. The smallest absolute Gasteiger partial charge is 0.227 e. The Balaban J connectivity index is 2.04. The standard InChI is InChI=1S/C16H14N2O/c1-11-7-8-13(17)9-14(11)16-18-10-15(19-16)12-5-3-2-4-6-12/h2-10H,17H2,1H3. The molecule has 0 spiro atoms. The lowest BCUT2D eigenvalue weighted by atomic mass is 10.1. The molecule has 19 heavy (non-hydrogen) atoms. The highest BCUT2D eigenvalue weighted by atomic mass is 16.4. The summed E-state index contributed by atoms with van der Waals surface area (Å²) in [4.78, 5) is 4.34. The zero-order valence-corrected chi connectivity index (χ0v) is 10.6. The molecule has 3 heteroatoms. The normalized spacial score (nSPS) is 10.6. The Labute approximate surface area is 111 Å². The second-order valence-electron chi connectivity index (χ2n) is 4.47. The van der Waals surface area contributed by atoms with Crippen LogP contribution in [0.5, 0.6) is 0 Å². The number of aryl methyl sites for hydroxylation is 1. The molecule has 0 aliphatic heterocycles. The van der Waals surface area contributed by atoms with Gasteiger partial charge in [0, 0.05) is 16.8 Å². The third-order valence-corrected chi connectivity index (χ3v) is 3.06. The van der Waals surface area contributed by atoms with E-state index in [2.05, 4.69) is 4.98 Å². The number of rotatable bonds is 2. The molecule has 0 fully saturated rings. The van der Waals surface area contributed by atoms with Gasteiger partial charge < -0.3 is 10.2 Å². The molecule has 3 aromatic rings. The van der Waals surface area contributed by atoms with E-state index < -0.39 is 0 Å². The van der Waals surface area contributed by atoms with Crippen molar-refractivity contribution in [2.75, 3.05) is 5.73 Å².